The second kappa shape index (κ2) is 6.00. The molecule has 16 heavy (non-hydrogen) atoms. The fourth-order valence-electron chi connectivity index (χ4n) is 1.21. The molecule has 0 aliphatic heterocycles. The van der Waals surface area contributed by atoms with Gasteiger partial charge in [-0.25, -0.2) is 0 Å². The van der Waals surface area contributed by atoms with Crippen LogP contribution in [-0.4, -0.2) is 23.9 Å². The van der Waals surface area contributed by atoms with Crippen molar-refractivity contribution < 1.29 is 14.7 Å². The lowest BCUT2D eigenvalue weighted by atomic mass is 10.1. The second-order valence-corrected chi connectivity index (χ2v) is 3.19. The molecular formula is C10H13BN2O3. The molecule has 0 saturated heterocycles. The van der Waals surface area contributed by atoms with Crippen LogP contribution in [0.1, 0.15) is 18.9 Å². The standard InChI is InChI=1S/C10H13BN2O3/c1-2-5-13-9-6-8(7-12)3-4-10(9)16-11(14)15/h3-4,6,13-15H,2,5H2,1H3. The van der Waals surface area contributed by atoms with E-state index in [1.165, 1.54) is 6.07 Å². The van der Waals surface area contributed by atoms with Crippen LogP contribution in [0.4, 0.5) is 5.69 Å². The van der Waals surface area contributed by atoms with Crippen molar-refractivity contribution in [3.63, 3.8) is 0 Å². The number of hydrogen-bond donors (Lipinski definition) is 3. The van der Waals surface area contributed by atoms with E-state index in [0.29, 0.717) is 23.5 Å². The lowest BCUT2D eigenvalue weighted by Gasteiger charge is -2.12. The van der Waals surface area contributed by atoms with E-state index in [-0.39, 0.29) is 0 Å². The number of anilines is 1. The van der Waals surface area contributed by atoms with Crippen LogP contribution in [0.15, 0.2) is 18.2 Å². The van der Waals surface area contributed by atoms with E-state index in [4.69, 9.17) is 20.0 Å². The van der Waals surface area contributed by atoms with Gasteiger partial charge in [0.15, 0.2) is 0 Å². The minimum absolute atomic E-state index is 0.308. The van der Waals surface area contributed by atoms with E-state index in [0.717, 1.165) is 6.42 Å². The SMILES string of the molecule is CCCNc1cc(C#N)ccc1OB(O)O. The molecular weight excluding hydrogens is 207 g/mol. The predicted molar refractivity (Wildman–Crippen MR) is 60.8 cm³/mol. The summed E-state index contributed by atoms with van der Waals surface area (Å²) < 4.78 is 4.78. The summed E-state index contributed by atoms with van der Waals surface area (Å²) >= 11 is 0. The first kappa shape index (κ1) is 12.4. The summed E-state index contributed by atoms with van der Waals surface area (Å²) in [7, 11) is -1.87. The van der Waals surface area contributed by atoms with Crippen molar-refractivity contribution in [3.8, 4) is 11.8 Å². The first-order chi connectivity index (χ1) is 7.67. The van der Waals surface area contributed by atoms with Gasteiger partial charge >= 0.3 is 7.32 Å². The van der Waals surface area contributed by atoms with Gasteiger partial charge in [0.05, 0.1) is 17.3 Å². The van der Waals surface area contributed by atoms with Crippen LogP contribution in [0.2, 0.25) is 0 Å². The maximum atomic E-state index is 8.74. The zero-order valence-electron chi connectivity index (χ0n) is 8.97. The Labute approximate surface area is 94.5 Å². The first-order valence-corrected chi connectivity index (χ1v) is 4.98. The van der Waals surface area contributed by atoms with Gasteiger partial charge in [-0.15, -0.1) is 0 Å². The lowest BCUT2D eigenvalue weighted by Crippen LogP contribution is -2.21. The van der Waals surface area contributed by atoms with Gasteiger partial charge in [0.2, 0.25) is 0 Å². The van der Waals surface area contributed by atoms with Crippen LogP contribution in [0.25, 0.3) is 0 Å². The number of nitrogens with zero attached hydrogens (tertiary/aromatic N) is 1. The Balaban J connectivity index is 2.92. The molecule has 1 aromatic rings. The quantitative estimate of drug-likeness (QED) is 0.636. The van der Waals surface area contributed by atoms with E-state index >= 15 is 0 Å². The Morgan fingerprint density at radius 2 is 2.25 bits per heavy atom. The first-order valence-electron chi connectivity index (χ1n) is 4.98. The van der Waals surface area contributed by atoms with Crippen molar-refractivity contribution >= 4 is 13.0 Å². The smallest absolute Gasteiger partial charge is 0.510 e. The monoisotopic (exact) mass is 220 g/mol. The number of nitrogens with one attached hydrogen (secondary N) is 1. The van der Waals surface area contributed by atoms with Crippen LogP contribution in [-0.2, 0) is 0 Å². The number of nitriles is 1. The molecule has 0 amide bonds. The van der Waals surface area contributed by atoms with Gasteiger partial charge in [-0.2, -0.15) is 5.26 Å². The topological polar surface area (TPSA) is 85.5 Å². The summed E-state index contributed by atoms with van der Waals surface area (Å²) in [5.74, 6) is 0.308. The normalized spacial score (nSPS) is 9.38. The fourth-order valence-corrected chi connectivity index (χ4v) is 1.21. The molecule has 84 valence electrons. The molecule has 6 heteroatoms. The summed E-state index contributed by atoms with van der Waals surface area (Å²) in [6, 6.07) is 6.68. The minimum Gasteiger partial charge on any atom is -0.510 e. The molecule has 0 bridgehead atoms. The molecule has 1 rings (SSSR count). The van der Waals surface area contributed by atoms with Crippen molar-refractivity contribution in [1.29, 1.82) is 5.26 Å². The highest BCUT2D eigenvalue weighted by Crippen LogP contribution is 2.25. The Kier molecular flexibility index (Phi) is 4.64. The summed E-state index contributed by atoms with van der Waals surface area (Å²) in [5, 5.41) is 29.2. The average molecular weight is 220 g/mol. The second-order valence-electron chi connectivity index (χ2n) is 3.19. The Hall–Kier alpha value is -1.71. The summed E-state index contributed by atoms with van der Waals surface area (Å²) in [5.41, 5.74) is 1.06. The van der Waals surface area contributed by atoms with Crippen molar-refractivity contribution in [2.45, 2.75) is 13.3 Å². The van der Waals surface area contributed by atoms with Crippen LogP contribution >= 0.6 is 0 Å². The molecule has 5 nitrogen and oxygen atoms in total. The van der Waals surface area contributed by atoms with E-state index < -0.39 is 7.32 Å². The van der Waals surface area contributed by atoms with Crippen molar-refractivity contribution in [2.75, 3.05) is 11.9 Å². The zero-order chi connectivity index (χ0) is 12.0. The molecule has 1 aromatic carbocycles. The maximum Gasteiger partial charge on any atom is 0.707 e. The van der Waals surface area contributed by atoms with E-state index in [2.05, 4.69) is 5.32 Å². The number of benzene rings is 1. The molecule has 0 heterocycles. The van der Waals surface area contributed by atoms with E-state index in [1.54, 1.807) is 12.1 Å². The molecule has 0 fully saturated rings. The summed E-state index contributed by atoms with van der Waals surface area (Å²) in [4.78, 5) is 0. The summed E-state index contributed by atoms with van der Waals surface area (Å²) in [6.45, 7) is 2.72. The van der Waals surface area contributed by atoms with Gasteiger partial charge < -0.3 is 20.0 Å². The highest BCUT2D eigenvalue weighted by atomic mass is 16.6. The third kappa shape index (κ3) is 3.46. The number of hydrogen-bond acceptors (Lipinski definition) is 5. The van der Waals surface area contributed by atoms with Crippen molar-refractivity contribution in [3.05, 3.63) is 23.8 Å². The van der Waals surface area contributed by atoms with E-state index in [1.807, 2.05) is 13.0 Å². The third-order valence-electron chi connectivity index (χ3n) is 1.91. The predicted octanol–water partition coefficient (Wildman–Crippen LogP) is 0.728. The molecule has 0 saturated carbocycles. The van der Waals surface area contributed by atoms with Gasteiger partial charge in [0.25, 0.3) is 0 Å². The highest BCUT2D eigenvalue weighted by Gasteiger charge is 2.14. The van der Waals surface area contributed by atoms with Crippen molar-refractivity contribution in [1.82, 2.24) is 0 Å². The Morgan fingerprint density at radius 1 is 1.50 bits per heavy atom. The largest absolute Gasteiger partial charge is 0.707 e. The molecule has 0 unspecified atom stereocenters. The van der Waals surface area contributed by atoms with Crippen LogP contribution in [0, 0.1) is 11.3 Å². The van der Waals surface area contributed by atoms with E-state index in [9.17, 15) is 0 Å². The fraction of sp³-hybridized carbons (Fsp3) is 0.300. The Morgan fingerprint density at radius 3 is 2.81 bits per heavy atom. The lowest BCUT2D eigenvalue weighted by molar-refractivity contribution is 0.288. The molecule has 3 N–H and O–H groups in total. The molecule has 0 spiro atoms. The van der Waals surface area contributed by atoms with Crippen LogP contribution in [0.3, 0.4) is 0 Å². The average Bonchev–Trinajstić information content (AvgIpc) is 2.27. The molecule has 0 radical (unpaired) electrons. The summed E-state index contributed by atoms with van der Waals surface area (Å²) in [6.07, 6.45) is 0.915. The van der Waals surface area contributed by atoms with Gasteiger partial charge in [-0.1, -0.05) is 6.92 Å². The van der Waals surface area contributed by atoms with Crippen LogP contribution < -0.4 is 9.97 Å². The number of rotatable bonds is 5. The molecule has 0 aliphatic carbocycles. The third-order valence-corrected chi connectivity index (χ3v) is 1.91. The molecule has 0 aliphatic rings. The molecule has 0 atom stereocenters. The highest BCUT2D eigenvalue weighted by molar-refractivity contribution is 6.34. The van der Waals surface area contributed by atoms with Crippen LogP contribution in [0.5, 0.6) is 5.75 Å². The zero-order valence-corrected chi connectivity index (χ0v) is 8.97. The van der Waals surface area contributed by atoms with Gasteiger partial charge in [0.1, 0.15) is 5.75 Å². The molecule has 0 aromatic heterocycles. The maximum absolute atomic E-state index is 8.74. The van der Waals surface area contributed by atoms with Gasteiger partial charge in [-0.3, -0.25) is 0 Å². The van der Waals surface area contributed by atoms with Gasteiger partial charge in [-0.05, 0) is 24.6 Å². The Bertz CT molecular complexity index is 390. The minimum atomic E-state index is -1.87. The van der Waals surface area contributed by atoms with Gasteiger partial charge in [0, 0.05) is 6.54 Å². The van der Waals surface area contributed by atoms with Crippen molar-refractivity contribution in [2.24, 2.45) is 0 Å².